The Morgan fingerprint density at radius 2 is 2.24 bits per heavy atom. The molecule has 0 radical (unpaired) electrons. The van der Waals surface area contributed by atoms with Gasteiger partial charge >= 0.3 is 0 Å². The minimum Gasteiger partial charge on any atom is -0.371 e. The van der Waals surface area contributed by atoms with Crippen molar-refractivity contribution in [3.8, 4) is 0 Å². The van der Waals surface area contributed by atoms with Crippen molar-refractivity contribution in [2.45, 2.75) is 45.6 Å². The van der Waals surface area contributed by atoms with Crippen LogP contribution in [0.4, 0.5) is 0 Å². The fraction of sp³-hybridized carbons (Fsp3) is 0.923. The third kappa shape index (κ3) is 6.03. The maximum absolute atomic E-state index is 11.6. The lowest BCUT2D eigenvalue weighted by atomic mass is 10.0. The van der Waals surface area contributed by atoms with E-state index >= 15 is 0 Å². The van der Waals surface area contributed by atoms with Crippen LogP contribution in [0.1, 0.15) is 39.5 Å². The van der Waals surface area contributed by atoms with Gasteiger partial charge in [-0.25, -0.2) is 0 Å². The Bertz CT molecular complexity index is 211. The molecular weight excluding hydrogens is 216 g/mol. The van der Waals surface area contributed by atoms with Crippen LogP contribution in [0.2, 0.25) is 0 Å². The number of carbonyl (C=O) groups is 1. The van der Waals surface area contributed by atoms with E-state index in [0.29, 0.717) is 18.6 Å². The van der Waals surface area contributed by atoms with Gasteiger partial charge in [0, 0.05) is 12.6 Å². The summed E-state index contributed by atoms with van der Waals surface area (Å²) in [6, 6.07) is 0.294. The highest BCUT2D eigenvalue weighted by atomic mass is 16.5. The zero-order chi connectivity index (χ0) is 12.5. The SMILES string of the molecule is CCC(CC)NC(=O)COCC1CCCNC1. The van der Waals surface area contributed by atoms with E-state index in [1.54, 1.807) is 0 Å². The molecule has 0 aromatic carbocycles. The van der Waals surface area contributed by atoms with Gasteiger partial charge in [-0.3, -0.25) is 4.79 Å². The molecule has 2 N–H and O–H groups in total. The minimum atomic E-state index is 0.0162. The third-order valence-electron chi connectivity index (χ3n) is 3.34. The summed E-state index contributed by atoms with van der Waals surface area (Å²) in [5.74, 6) is 0.590. The first kappa shape index (κ1) is 14.5. The molecule has 0 saturated carbocycles. The molecule has 0 aliphatic carbocycles. The van der Waals surface area contributed by atoms with Crippen LogP contribution in [0.15, 0.2) is 0 Å². The van der Waals surface area contributed by atoms with Gasteiger partial charge in [-0.05, 0) is 38.1 Å². The number of hydrogen-bond acceptors (Lipinski definition) is 3. The van der Waals surface area contributed by atoms with Gasteiger partial charge in [-0.2, -0.15) is 0 Å². The van der Waals surface area contributed by atoms with Gasteiger partial charge in [0.05, 0.1) is 6.61 Å². The molecule has 1 amide bonds. The Kier molecular flexibility index (Phi) is 7.21. The molecule has 17 heavy (non-hydrogen) atoms. The number of carbonyl (C=O) groups excluding carboxylic acids is 1. The molecule has 1 saturated heterocycles. The number of piperidine rings is 1. The standard InChI is InChI=1S/C13H26N2O2/c1-3-12(4-2)15-13(16)10-17-9-11-6-5-7-14-8-11/h11-12,14H,3-10H2,1-2H3,(H,15,16). The Morgan fingerprint density at radius 1 is 1.47 bits per heavy atom. The highest BCUT2D eigenvalue weighted by Crippen LogP contribution is 2.09. The van der Waals surface area contributed by atoms with E-state index in [9.17, 15) is 4.79 Å². The number of rotatable bonds is 7. The fourth-order valence-electron chi connectivity index (χ4n) is 2.15. The first-order valence-electron chi connectivity index (χ1n) is 6.84. The molecule has 0 aromatic heterocycles. The van der Waals surface area contributed by atoms with E-state index in [1.165, 1.54) is 12.8 Å². The molecule has 1 unspecified atom stereocenters. The van der Waals surface area contributed by atoms with E-state index in [-0.39, 0.29) is 12.5 Å². The summed E-state index contributed by atoms with van der Waals surface area (Å²) >= 11 is 0. The summed E-state index contributed by atoms with van der Waals surface area (Å²) < 4.78 is 5.47. The zero-order valence-corrected chi connectivity index (χ0v) is 11.1. The van der Waals surface area contributed by atoms with Crippen LogP contribution in [0, 0.1) is 5.92 Å². The van der Waals surface area contributed by atoms with Crippen molar-refractivity contribution in [3.05, 3.63) is 0 Å². The maximum Gasteiger partial charge on any atom is 0.246 e. The Morgan fingerprint density at radius 3 is 2.82 bits per heavy atom. The summed E-state index contributed by atoms with van der Waals surface area (Å²) in [4.78, 5) is 11.6. The quantitative estimate of drug-likeness (QED) is 0.707. The lowest BCUT2D eigenvalue weighted by Crippen LogP contribution is -2.37. The van der Waals surface area contributed by atoms with Crippen molar-refractivity contribution in [1.29, 1.82) is 0 Å². The van der Waals surface area contributed by atoms with Crippen LogP contribution in [-0.2, 0) is 9.53 Å². The van der Waals surface area contributed by atoms with Crippen LogP contribution < -0.4 is 10.6 Å². The van der Waals surface area contributed by atoms with Crippen molar-refractivity contribution < 1.29 is 9.53 Å². The van der Waals surface area contributed by atoms with Crippen LogP contribution in [0.5, 0.6) is 0 Å². The zero-order valence-electron chi connectivity index (χ0n) is 11.1. The largest absolute Gasteiger partial charge is 0.371 e. The van der Waals surface area contributed by atoms with Gasteiger partial charge < -0.3 is 15.4 Å². The summed E-state index contributed by atoms with van der Waals surface area (Å²) in [5.41, 5.74) is 0. The smallest absolute Gasteiger partial charge is 0.246 e. The molecule has 1 aliphatic heterocycles. The number of ether oxygens (including phenoxy) is 1. The second kappa shape index (κ2) is 8.48. The average Bonchev–Trinajstić information content (AvgIpc) is 2.37. The Balaban J connectivity index is 2.06. The lowest BCUT2D eigenvalue weighted by molar-refractivity contribution is -0.127. The molecule has 0 spiro atoms. The van der Waals surface area contributed by atoms with Crippen LogP contribution >= 0.6 is 0 Å². The van der Waals surface area contributed by atoms with E-state index < -0.39 is 0 Å². The van der Waals surface area contributed by atoms with Crippen molar-refractivity contribution in [2.75, 3.05) is 26.3 Å². The van der Waals surface area contributed by atoms with Crippen molar-refractivity contribution in [1.82, 2.24) is 10.6 Å². The molecule has 4 heteroatoms. The second-order valence-corrected chi connectivity index (χ2v) is 4.81. The number of amides is 1. The van der Waals surface area contributed by atoms with E-state index in [0.717, 1.165) is 25.9 Å². The van der Waals surface area contributed by atoms with Gasteiger partial charge in [0.2, 0.25) is 5.91 Å². The van der Waals surface area contributed by atoms with Gasteiger partial charge in [0.25, 0.3) is 0 Å². The summed E-state index contributed by atoms with van der Waals surface area (Å²) in [7, 11) is 0. The van der Waals surface area contributed by atoms with Crippen molar-refractivity contribution in [2.24, 2.45) is 5.92 Å². The van der Waals surface area contributed by atoms with E-state index in [1.807, 2.05) is 0 Å². The van der Waals surface area contributed by atoms with Gasteiger partial charge in [-0.1, -0.05) is 13.8 Å². The molecule has 100 valence electrons. The summed E-state index contributed by atoms with van der Waals surface area (Å²) in [6.07, 6.45) is 4.39. The fourth-order valence-corrected chi connectivity index (χ4v) is 2.15. The maximum atomic E-state index is 11.6. The number of nitrogens with one attached hydrogen (secondary N) is 2. The monoisotopic (exact) mass is 242 g/mol. The van der Waals surface area contributed by atoms with Crippen molar-refractivity contribution >= 4 is 5.91 Å². The minimum absolute atomic E-state index is 0.0162. The highest BCUT2D eigenvalue weighted by molar-refractivity contribution is 5.77. The molecule has 1 aliphatic rings. The molecule has 1 heterocycles. The third-order valence-corrected chi connectivity index (χ3v) is 3.34. The topological polar surface area (TPSA) is 50.4 Å². The van der Waals surface area contributed by atoms with Gasteiger partial charge in [0.1, 0.15) is 6.61 Å². The first-order chi connectivity index (χ1) is 8.26. The normalized spacial score (nSPS) is 20.5. The van der Waals surface area contributed by atoms with E-state index in [2.05, 4.69) is 24.5 Å². The summed E-state index contributed by atoms with van der Waals surface area (Å²) in [6.45, 7) is 7.21. The molecule has 0 aromatic rings. The second-order valence-electron chi connectivity index (χ2n) is 4.81. The predicted molar refractivity (Wildman–Crippen MR) is 68.9 cm³/mol. The molecule has 1 atom stereocenters. The van der Waals surface area contributed by atoms with Gasteiger partial charge in [0.15, 0.2) is 0 Å². The van der Waals surface area contributed by atoms with Crippen LogP contribution in [0.25, 0.3) is 0 Å². The molecular formula is C13H26N2O2. The molecule has 1 rings (SSSR count). The van der Waals surface area contributed by atoms with E-state index in [4.69, 9.17) is 4.74 Å². The molecule has 1 fully saturated rings. The number of hydrogen-bond donors (Lipinski definition) is 2. The van der Waals surface area contributed by atoms with Gasteiger partial charge in [-0.15, -0.1) is 0 Å². The highest BCUT2D eigenvalue weighted by Gasteiger charge is 2.14. The van der Waals surface area contributed by atoms with Crippen LogP contribution in [0.3, 0.4) is 0 Å². The first-order valence-corrected chi connectivity index (χ1v) is 6.84. The molecule has 4 nitrogen and oxygen atoms in total. The Hall–Kier alpha value is -0.610. The average molecular weight is 242 g/mol. The van der Waals surface area contributed by atoms with Crippen molar-refractivity contribution in [3.63, 3.8) is 0 Å². The summed E-state index contributed by atoms with van der Waals surface area (Å²) in [5, 5.41) is 6.32. The molecule has 0 bridgehead atoms. The lowest BCUT2D eigenvalue weighted by Gasteiger charge is -2.22. The Labute approximate surface area is 104 Å². The van der Waals surface area contributed by atoms with Crippen LogP contribution in [-0.4, -0.2) is 38.3 Å². The predicted octanol–water partition coefficient (Wildman–Crippen LogP) is 1.31.